The number of ether oxygens (including phenoxy) is 2. The molecule has 8 heteroatoms. The molecule has 0 saturated carbocycles. The molecule has 0 saturated heterocycles. The molecule has 2 aromatic carbocycles. The van der Waals surface area contributed by atoms with Crippen LogP contribution in [0.25, 0.3) is 0 Å². The van der Waals surface area contributed by atoms with E-state index in [9.17, 15) is 18.8 Å². The lowest BCUT2D eigenvalue weighted by molar-refractivity contribution is -0.152. The molecule has 0 heterocycles. The van der Waals surface area contributed by atoms with E-state index in [0.29, 0.717) is 17.9 Å². The molecule has 1 atom stereocenters. The molecule has 2 rings (SSSR count). The number of amides is 2. The van der Waals surface area contributed by atoms with Crippen molar-refractivity contribution in [1.82, 2.24) is 5.32 Å². The van der Waals surface area contributed by atoms with Crippen molar-refractivity contribution in [2.45, 2.75) is 20.0 Å². The van der Waals surface area contributed by atoms with Gasteiger partial charge in [0.05, 0.1) is 12.3 Å². The SMILES string of the molecule is CCOc1ccc(C(=O)NCC(=O)O[C@H](C)C(=O)Nc2ccccc2F)cc1. The van der Waals surface area contributed by atoms with Crippen LogP contribution >= 0.6 is 0 Å². The van der Waals surface area contributed by atoms with Gasteiger partial charge in [0.15, 0.2) is 6.10 Å². The Kier molecular flexibility index (Phi) is 7.50. The van der Waals surface area contributed by atoms with Crippen molar-refractivity contribution in [3.63, 3.8) is 0 Å². The first-order chi connectivity index (χ1) is 13.4. The number of halogens is 1. The summed E-state index contributed by atoms with van der Waals surface area (Å²) >= 11 is 0. The Morgan fingerprint density at radius 3 is 2.39 bits per heavy atom. The highest BCUT2D eigenvalue weighted by atomic mass is 19.1. The fraction of sp³-hybridized carbons (Fsp3) is 0.250. The Bertz CT molecular complexity index is 839. The van der Waals surface area contributed by atoms with Crippen molar-refractivity contribution >= 4 is 23.5 Å². The average molecular weight is 388 g/mol. The molecule has 0 aliphatic rings. The third kappa shape index (κ3) is 6.08. The number of rotatable bonds is 8. The number of benzene rings is 2. The summed E-state index contributed by atoms with van der Waals surface area (Å²) < 4.78 is 23.8. The second kappa shape index (κ2) is 10.1. The molecule has 0 radical (unpaired) electrons. The van der Waals surface area contributed by atoms with E-state index < -0.39 is 36.2 Å². The van der Waals surface area contributed by atoms with Gasteiger partial charge in [0.1, 0.15) is 18.1 Å². The van der Waals surface area contributed by atoms with E-state index in [2.05, 4.69) is 10.6 Å². The predicted molar refractivity (Wildman–Crippen MR) is 101 cm³/mol. The lowest BCUT2D eigenvalue weighted by Gasteiger charge is -2.14. The molecule has 0 bridgehead atoms. The third-order valence-electron chi connectivity index (χ3n) is 3.63. The minimum atomic E-state index is -1.16. The summed E-state index contributed by atoms with van der Waals surface area (Å²) in [6.45, 7) is 3.30. The molecule has 0 unspecified atom stereocenters. The molecule has 0 spiro atoms. The monoisotopic (exact) mass is 388 g/mol. The first-order valence-electron chi connectivity index (χ1n) is 8.66. The van der Waals surface area contributed by atoms with Crippen molar-refractivity contribution in [1.29, 1.82) is 0 Å². The van der Waals surface area contributed by atoms with E-state index in [-0.39, 0.29) is 5.69 Å². The van der Waals surface area contributed by atoms with E-state index in [1.54, 1.807) is 30.3 Å². The normalized spacial score (nSPS) is 11.2. The van der Waals surface area contributed by atoms with Crippen LogP contribution in [0.1, 0.15) is 24.2 Å². The van der Waals surface area contributed by atoms with Gasteiger partial charge in [0, 0.05) is 5.56 Å². The fourth-order valence-corrected chi connectivity index (χ4v) is 2.21. The van der Waals surface area contributed by atoms with Gasteiger partial charge in [0.25, 0.3) is 11.8 Å². The van der Waals surface area contributed by atoms with Gasteiger partial charge < -0.3 is 20.1 Å². The molecular formula is C20H21FN2O5. The van der Waals surface area contributed by atoms with Gasteiger partial charge in [-0.3, -0.25) is 14.4 Å². The molecule has 148 valence electrons. The Balaban J connectivity index is 1.80. The summed E-state index contributed by atoms with van der Waals surface area (Å²) in [6.07, 6.45) is -1.16. The summed E-state index contributed by atoms with van der Waals surface area (Å²) in [4.78, 5) is 35.9. The maximum atomic E-state index is 13.5. The largest absolute Gasteiger partial charge is 0.494 e. The van der Waals surface area contributed by atoms with Gasteiger partial charge in [-0.15, -0.1) is 0 Å². The van der Waals surface area contributed by atoms with Gasteiger partial charge in [0.2, 0.25) is 0 Å². The molecule has 7 nitrogen and oxygen atoms in total. The number of hydrogen-bond donors (Lipinski definition) is 2. The predicted octanol–water partition coefficient (Wildman–Crippen LogP) is 2.52. The topological polar surface area (TPSA) is 93.7 Å². The van der Waals surface area contributed by atoms with Gasteiger partial charge in [-0.1, -0.05) is 12.1 Å². The average Bonchev–Trinajstić information content (AvgIpc) is 2.68. The quantitative estimate of drug-likeness (QED) is 0.678. The molecule has 2 N–H and O–H groups in total. The van der Waals surface area contributed by atoms with E-state index in [1.165, 1.54) is 25.1 Å². The Morgan fingerprint density at radius 2 is 1.75 bits per heavy atom. The zero-order valence-corrected chi connectivity index (χ0v) is 15.5. The number of nitrogens with one attached hydrogen (secondary N) is 2. The second-order valence-corrected chi connectivity index (χ2v) is 5.74. The lowest BCUT2D eigenvalue weighted by Crippen LogP contribution is -2.36. The van der Waals surface area contributed by atoms with Crippen LogP contribution < -0.4 is 15.4 Å². The maximum absolute atomic E-state index is 13.5. The van der Waals surface area contributed by atoms with Gasteiger partial charge >= 0.3 is 5.97 Å². The van der Waals surface area contributed by atoms with Crippen LogP contribution in [0, 0.1) is 5.82 Å². The summed E-state index contributed by atoms with van der Waals surface area (Å²) in [5.41, 5.74) is 0.334. The molecule has 0 aliphatic heterocycles. The highest BCUT2D eigenvalue weighted by Gasteiger charge is 2.19. The van der Waals surface area contributed by atoms with Crippen LogP contribution in [-0.2, 0) is 14.3 Å². The maximum Gasteiger partial charge on any atom is 0.326 e. The smallest absolute Gasteiger partial charge is 0.326 e. The van der Waals surface area contributed by atoms with Crippen LogP contribution in [-0.4, -0.2) is 37.0 Å². The molecular weight excluding hydrogens is 367 g/mol. The zero-order chi connectivity index (χ0) is 20.5. The van der Waals surface area contributed by atoms with E-state index in [4.69, 9.17) is 9.47 Å². The summed E-state index contributed by atoms with van der Waals surface area (Å²) in [6, 6.07) is 12.1. The van der Waals surface area contributed by atoms with Crippen LogP contribution in [0.2, 0.25) is 0 Å². The van der Waals surface area contributed by atoms with E-state index >= 15 is 0 Å². The number of anilines is 1. The molecule has 28 heavy (non-hydrogen) atoms. The van der Waals surface area contributed by atoms with Crippen LogP contribution in [0.4, 0.5) is 10.1 Å². The highest BCUT2D eigenvalue weighted by Crippen LogP contribution is 2.13. The lowest BCUT2D eigenvalue weighted by atomic mass is 10.2. The molecule has 0 fully saturated rings. The number of para-hydroxylation sites is 1. The van der Waals surface area contributed by atoms with E-state index in [0.717, 1.165) is 0 Å². The van der Waals surface area contributed by atoms with Crippen molar-refractivity contribution < 1.29 is 28.2 Å². The van der Waals surface area contributed by atoms with Crippen molar-refractivity contribution in [3.05, 3.63) is 59.9 Å². The Morgan fingerprint density at radius 1 is 1.07 bits per heavy atom. The molecule has 2 amide bonds. The first kappa shape index (κ1) is 20.9. The number of carbonyl (C=O) groups excluding carboxylic acids is 3. The van der Waals surface area contributed by atoms with E-state index in [1.807, 2.05) is 6.92 Å². The standard InChI is InChI=1S/C20H21FN2O5/c1-3-27-15-10-8-14(9-11-15)20(26)22-12-18(24)28-13(2)19(25)23-17-7-5-4-6-16(17)21/h4-11,13H,3,12H2,1-2H3,(H,22,26)(H,23,25)/t13-/m1/s1. The van der Waals surface area contributed by atoms with Gasteiger partial charge in [-0.25, -0.2) is 4.39 Å². The zero-order valence-electron chi connectivity index (χ0n) is 15.5. The molecule has 2 aromatic rings. The number of carbonyl (C=O) groups is 3. The number of esters is 1. The van der Waals surface area contributed by atoms with Gasteiger partial charge in [-0.05, 0) is 50.2 Å². The van der Waals surface area contributed by atoms with Gasteiger partial charge in [-0.2, -0.15) is 0 Å². The fourth-order valence-electron chi connectivity index (χ4n) is 2.21. The van der Waals surface area contributed by atoms with Crippen LogP contribution in [0.15, 0.2) is 48.5 Å². The summed E-state index contributed by atoms with van der Waals surface area (Å²) in [7, 11) is 0. The highest BCUT2D eigenvalue weighted by molar-refractivity contribution is 5.97. The Hall–Kier alpha value is -3.42. The third-order valence-corrected chi connectivity index (χ3v) is 3.63. The van der Waals surface area contributed by atoms with Crippen molar-refractivity contribution in [2.75, 3.05) is 18.5 Å². The summed E-state index contributed by atoms with van der Waals surface area (Å²) in [5, 5.41) is 4.74. The minimum absolute atomic E-state index is 0.0146. The Labute approximate surface area is 161 Å². The van der Waals surface area contributed by atoms with Crippen LogP contribution in [0.3, 0.4) is 0 Å². The summed E-state index contributed by atoms with van der Waals surface area (Å²) in [5.74, 6) is -1.92. The first-order valence-corrected chi connectivity index (χ1v) is 8.66. The second-order valence-electron chi connectivity index (χ2n) is 5.74. The van der Waals surface area contributed by atoms with Crippen molar-refractivity contribution in [3.8, 4) is 5.75 Å². The van der Waals surface area contributed by atoms with Crippen LogP contribution in [0.5, 0.6) is 5.75 Å². The molecule has 0 aliphatic carbocycles. The number of hydrogen-bond acceptors (Lipinski definition) is 5. The minimum Gasteiger partial charge on any atom is -0.494 e. The van der Waals surface area contributed by atoms with Crippen molar-refractivity contribution in [2.24, 2.45) is 0 Å². The molecule has 0 aromatic heterocycles.